The molecule has 30 heavy (non-hydrogen) atoms. The molecule has 156 valence electrons. The van der Waals surface area contributed by atoms with Crippen molar-refractivity contribution in [2.45, 2.75) is 25.9 Å². The quantitative estimate of drug-likeness (QED) is 0.636. The van der Waals surface area contributed by atoms with Crippen molar-refractivity contribution < 1.29 is 22.0 Å². The molecule has 4 rings (SSSR count). The molecular formula is C22H20FNO5S. The van der Waals surface area contributed by atoms with Crippen molar-refractivity contribution in [1.82, 2.24) is 4.90 Å². The number of rotatable bonds is 4. The van der Waals surface area contributed by atoms with Crippen LogP contribution in [0.3, 0.4) is 0 Å². The summed E-state index contributed by atoms with van der Waals surface area (Å²) in [6.45, 7) is 1.93. The van der Waals surface area contributed by atoms with E-state index in [0.29, 0.717) is 17.4 Å². The highest BCUT2D eigenvalue weighted by molar-refractivity contribution is 7.91. The van der Waals surface area contributed by atoms with Crippen molar-refractivity contribution >= 4 is 26.7 Å². The largest absolute Gasteiger partial charge is 0.451 e. The molecule has 6 nitrogen and oxygen atoms in total. The van der Waals surface area contributed by atoms with Crippen LogP contribution in [0.1, 0.15) is 28.1 Å². The third kappa shape index (κ3) is 4.14. The molecule has 1 amide bonds. The van der Waals surface area contributed by atoms with Gasteiger partial charge in [0.25, 0.3) is 5.91 Å². The zero-order valence-electron chi connectivity index (χ0n) is 16.3. The minimum atomic E-state index is -3.25. The average Bonchev–Trinajstić information content (AvgIpc) is 3.07. The second-order valence-electron chi connectivity index (χ2n) is 7.59. The minimum absolute atomic E-state index is 0.00812. The number of sulfone groups is 1. The second-order valence-corrected chi connectivity index (χ2v) is 9.82. The number of benzene rings is 2. The molecule has 1 fully saturated rings. The predicted molar refractivity (Wildman–Crippen MR) is 111 cm³/mol. The lowest BCUT2D eigenvalue weighted by molar-refractivity contribution is 0.0648. The Balaban J connectivity index is 1.73. The first-order chi connectivity index (χ1) is 14.2. The van der Waals surface area contributed by atoms with Crippen molar-refractivity contribution in [3.8, 4) is 0 Å². The van der Waals surface area contributed by atoms with Crippen molar-refractivity contribution in [3.63, 3.8) is 0 Å². The molecule has 1 unspecified atom stereocenters. The van der Waals surface area contributed by atoms with Crippen molar-refractivity contribution in [2.75, 3.05) is 11.5 Å². The van der Waals surface area contributed by atoms with Crippen LogP contribution in [0.4, 0.5) is 4.39 Å². The summed E-state index contributed by atoms with van der Waals surface area (Å²) in [5.74, 6) is -1.29. The summed E-state index contributed by atoms with van der Waals surface area (Å²) in [5, 5.41) is 0.375. The highest BCUT2D eigenvalue weighted by Crippen LogP contribution is 2.23. The van der Waals surface area contributed by atoms with Crippen LogP contribution < -0.4 is 5.43 Å². The van der Waals surface area contributed by atoms with Crippen LogP contribution in [0, 0.1) is 12.7 Å². The van der Waals surface area contributed by atoms with Gasteiger partial charge in [-0.1, -0.05) is 23.8 Å². The number of hydrogen-bond acceptors (Lipinski definition) is 5. The van der Waals surface area contributed by atoms with E-state index in [1.165, 1.54) is 17.0 Å². The van der Waals surface area contributed by atoms with Crippen LogP contribution in [0.2, 0.25) is 0 Å². The molecule has 1 atom stereocenters. The first-order valence-corrected chi connectivity index (χ1v) is 11.3. The van der Waals surface area contributed by atoms with E-state index < -0.39 is 27.6 Å². The van der Waals surface area contributed by atoms with Gasteiger partial charge in [0.1, 0.15) is 11.4 Å². The lowest BCUT2D eigenvalue weighted by Gasteiger charge is -2.28. The van der Waals surface area contributed by atoms with Gasteiger partial charge in [0, 0.05) is 18.7 Å². The Labute approximate surface area is 172 Å². The summed E-state index contributed by atoms with van der Waals surface area (Å²) >= 11 is 0. The van der Waals surface area contributed by atoms with Gasteiger partial charge in [0.15, 0.2) is 21.0 Å². The van der Waals surface area contributed by atoms with E-state index in [2.05, 4.69) is 0 Å². The highest BCUT2D eigenvalue weighted by atomic mass is 32.2. The van der Waals surface area contributed by atoms with Gasteiger partial charge < -0.3 is 9.32 Å². The third-order valence-electron chi connectivity index (χ3n) is 5.27. The maximum Gasteiger partial charge on any atom is 0.290 e. The van der Waals surface area contributed by atoms with Gasteiger partial charge in [-0.3, -0.25) is 9.59 Å². The topological polar surface area (TPSA) is 84.7 Å². The Morgan fingerprint density at radius 1 is 1.17 bits per heavy atom. The van der Waals surface area contributed by atoms with Crippen molar-refractivity contribution in [1.29, 1.82) is 0 Å². The zero-order valence-corrected chi connectivity index (χ0v) is 17.1. The lowest BCUT2D eigenvalue weighted by Crippen LogP contribution is -2.40. The molecule has 1 aliphatic heterocycles. The number of carbonyl (C=O) groups is 1. The third-order valence-corrected chi connectivity index (χ3v) is 7.02. The van der Waals surface area contributed by atoms with E-state index in [4.69, 9.17) is 4.42 Å². The molecule has 0 aliphatic carbocycles. The van der Waals surface area contributed by atoms with Crippen LogP contribution in [0.25, 0.3) is 11.0 Å². The van der Waals surface area contributed by atoms with Crippen LogP contribution in [-0.4, -0.2) is 36.8 Å². The molecular weight excluding hydrogens is 409 g/mol. The van der Waals surface area contributed by atoms with Gasteiger partial charge in [-0.2, -0.15) is 0 Å². The average molecular weight is 429 g/mol. The van der Waals surface area contributed by atoms with E-state index in [0.717, 1.165) is 11.6 Å². The number of hydrogen-bond donors (Lipinski definition) is 0. The molecule has 3 aromatic rings. The smallest absolute Gasteiger partial charge is 0.290 e. The molecule has 2 heterocycles. The number of carbonyl (C=O) groups excluding carboxylic acids is 1. The summed E-state index contributed by atoms with van der Waals surface area (Å²) in [5.41, 5.74) is 1.48. The molecule has 0 N–H and O–H groups in total. The normalized spacial score (nSPS) is 17.9. The summed E-state index contributed by atoms with van der Waals surface area (Å²) < 4.78 is 43.0. The Hall–Kier alpha value is -3.00. The zero-order chi connectivity index (χ0) is 21.5. The molecule has 0 bridgehead atoms. The van der Waals surface area contributed by atoms with E-state index in [1.54, 1.807) is 30.3 Å². The molecule has 0 saturated carbocycles. The molecule has 0 radical (unpaired) electrons. The first-order valence-electron chi connectivity index (χ1n) is 9.52. The Kier molecular flexibility index (Phi) is 5.19. The number of nitrogens with zero attached hydrogens (tertiary/aromatic N) is 1. The van der Waals surface area contributed by atoms with E-state index in [-0.39, 0.29) is 34.8 Å². The molecule has 0 spiro atoms. The minimum Gasteiger partial charge on any atom is -0.451 e. The van der Waals surface area contributed by atoms with Crippen molar-refractivity contribution in [3.05, 3.63) is 81.5 Å². The monoisotopic (exact) mass is 429 g/mol. The van der Waals surface area contributed by atoms with Crippen LogP contribution in [0.5, 0.6) is 0 Å². The molecule has 1 saturated heterocycles. The lowest BCUT2D eigenvalue weighted by atomic mass is 10.1. The van der Waals surface area contributed by atoms with E-state index >= 15 is 0 Å². The van der Waals surface area contributed by atoms with Gasteiger partial charge in [0.05, 0.1) is 16.9 Å². The standard InChI is InChI=1S/C22H20FNO5S/c1-14-2-7-20-18(10-14)19(25)11-21(29-20)22(26)24(17-8-9-30(27,28)13-17)12-15-3-5-16(23)6-4-15/h2-7,10-11,17H,8-9,12-13H2,1H3. The fraction of sp³-hybridized carbons (Fsp3) is 0.273. The Morgan fingerprint density at radius 2 is 1.90 bits per heavy atom. The SMILES string of the molecule is Cc1ccc2oc(C(=O)N(Cc3ccc(F)cc3)C3CCS(=O)(=O)C3)cc(=O)c2c1. The fourth-order valence-corrected chi connectivity index (χ4v) is 5.42. The Morgan fingerprint density at radius 3 is 2.57 bits per heavy atom. The first kappa shape index (κ1) is 20.3. The number of fused-ring (bicyclic) bond motifs is 1. The molecule has 1 aromatic heterocycles. The van der Waals surface area contributed by atoms with Gasteiger partial charge in [-0.25, -0.2) is 12.8 Å². The van der Waals surface area contributed by atoms with Gasteiger partial charge in [0.2, 0.25) is 0 Å². The summed E-state index contributed by atoms with van der Waals surface area (Å²) in [6.07, 6.45) is 0.298. The maximum absolute atomic E-state index is 13.3. The van der Waals surface area contributed by atoms with Crippen LogP contribution in [-0.2, 0) is 16.4 Å². The maximum atomic E-state index is 13.3. The number of amides is 1. The number of halogens is 1. The molecule has 1 aliphatic rings. The van der Waals surface area contributed by atoms with Gasteiger partial charge in [-0.05, 0) is 43.2 Å². The van der Waals surface area contributed by atoms with E-state index in [9.17, 15) is 22.4 Å². The molecule has 8 heteroatoms. The van der Waals surface area contributed by atoms with Crippen LogP contribution in [0.15, 0.2) is 57.7 Å². The van der Waals surface area contributed by atoms with Gasteiger partial charge in [-0.15, -0.1) is 0 Å². The summed E-state index contributed by atoms with van der Waals surface area (Å²) in [4.78, 5) is 27.2. The van der Waals surface area contributed by atoms with Gasteiger partial charge >= 0.3 is 0 Å². The highest BCUT2D eigenvalue weighted by Gasteiger charge is 2.36. The van der Waals surface area contributed by atoms with Crippen molar-refractivity contribution in [2.24, 2.45) is 0 Å². The number of aryl methyl sites for hydroxylation is 1. The summed E-state index contributed by atoms with van der Waals surface area (Å²) in [6, 6.07) is 11.3. The molecule has 2 aromatic carbocycles. The second kappa shape index (κ2) is 7.68. The Bertz CT molecular complexity index is 1280. The predicted octanol–water partition coefficient (Wildman–Crippen LogP) is 3.07. The van der Waals surface area contributed by atoms with E-state index in [1.807, 2.05) is 6.92 Å². The summed E-state index contributed by atoms with van der Waals surface area (Å²) in [7, 11) is -3.25. The fourth-order valence-electron chi connectivity index (χ4n) is 3.69. The van der Waals surface area contributed by atoms with Crippen LogP contribution >= 0.6 is 0 Å².